The first-order valence-electron chi connectivity index (χ1n) is 10.6. The number of rotatable bonds is 3. The molecule has 0 spiro atoms. The average molecular weight is 422 g/mol. The van der Waals surface area contributed by atoms with Gasteiger partial charge < -0.3 is 9.80 Å². The molecule has 1 amide bonds. The Morgan fingerprint density at radius 2 is 1.59 bits per heavy atom. The van der Waals surface area contributed by atoms with Crippen molar-refractivity contribution in [2.24, 2.45) is 5.92 Å². The van der Waals surface area contributed by atoms with Crippen molar-refractivity contribution in [3.63, 3.8) is 0 Å². The predicted octanol–water partition coefficient (Wildman–Crippen LogP) is 0.641. The Kier molecular flexibility index (Phi) is 5.79. The monoisotopic (exact) mass is 421 g/mol. The number of sulfone groups is 1. The van der Waals surface area contributed by atoms with E-state index in [0.717, 1.165) is 62.8 Å². The second-order valence-corrected chi connectivity index (χ2v) is 10.9. The Balaban J connectivity index is 1.27. The number of nitrogens with zero attached hydrogens (tertiary/aromatic N) is 5. The van der Waals surface area contributed by atoms with Crippen molar-refractivity contribution < 1.29 is 13.2 Å². The molecule has 0 aliphatic carbocycles. The molecule has 0 bridgehead atoms. The van der Waals surface area contributed by atoms with Gasteiger partial charge in [0.2, 0.25) is 11.9 Å². The first-order valence-corrected chi connectivity index (χ1v) is 12.4. The molecule has 1 aromatic rings. The molecule has 4 heterocycles. The van der Waals surface area contributed by atoms with Crippen LogP contribution >= 0.6 is 0 Å². The molecule has 0 N–H and O–H groups in total. The number of hydrogen-bond donors (Lipinski definition) is 0. The van der Waals surface area contributed by atoms with E-state index in [-0.39, 0.29) is 23.6 Å². The van der Waals surface area contributed by atoms with Crippen molar-refractivity contribution in [2.45, 2.75) is 39.2 Å². The third-order valence-electron chi connectivity index (χ3n) is 6.45. The van der Waals surface area contributed by atoms with Crippen molar-refractivity contribution in [1.29, 1.82) is 0 Å². The van der Waals surface area contributed by atoms with E-state index >= 15 is 0 Å². The van der Waals surface area contributed by atoms with Crippen LogP contribution in [0.3, 0.4) is 0 Å². The van der Waals surface area contributed by atoms with Crippen molar-refractivity contribution >= 4 is 21.7 Å². The Morgan fingerprint density at radius 3 is 2.14 bits per heavy atom. The van der Waals surface area contributed by atoms with Gasteiger partial charge in [0, 0.05) is 62.6 Å². The lowest BCUT2D eigenvalue weighted by molar-refractivity contribution is -0.138. The summed E-state index contributed by atoms with van der Waals surface area (Å²) in [6, 6.07) is 2.11. The second-order valence-electron chi connectivity index (χ2n) is 8.63. The summed E-state index contributed by atoms with van der Waals surface area (Å²) in [5.41, 5.74) is 1.94. The summed E-state index contributed by atoms with van der Waals surface area (Å²) in [5.74, 6) is 1.67. The molecule has 4 rings (SSSR count). The highest BCUT2D eigenvalue weighted by Gasteiger charge is 2.36. The van der Waals surface area contributed by atoms with E-state index < -0.39 is 9.84 Å². The van der Waals surface area contributed by atoms with Gasteiger partial charge in [-0.2, -0.15) is 0 Å². The highest BCUT2D eigenvalue weighted by Crippen LogP contribution is 2.25. The lowest BCUT2D eigenvalue weighted by Gasteiger charge is -2.40. The van der Waals surface area contributed by atoms with Gasteiger partial charge in [-0.25, -0.2) is 18.4 Å². The Bertz CT molecular complexity index is 839. The van der Waals surface area contributed by atoms with Crippen LogP contribution in [-0.2, 0) is 14.6 Å². The number of piperidine rings is 1. The van der Waals surface area contributed by atoms with Gasteiger partial charge >= 0.3 is 0 Å². The zero-order valence-corrected chi connectivity index (χ0v) is 18.2. The van der Waals surface area contributed by atoms with Crippen LogP contribution in [0.1, 0.15) is 30.7 Å². The third-order valence-corrected chi connectivity index (χ3v) is 8.20. The SMILES string of the molecule is Cc1cc(C)nc(N2CCC(C(=O)N3CCN([C@H]4CCS(=O)(=O)C4)CC3)CC2)n1. The van der Waals surface area contributed by atoms with Crippen LogP contribution in [0, 0.1) is 19.8 Å². The maximum absolute atomic E-state index is 13.0. The summed E-state index contributed by atoms with van der Waals surface area (Å²) in [6.07, 6.45) is 2.39. The highest BCUT2D eigenvalue weighted by atomic mass is 32.2. The molecule has 1 atom stereocenters. The number of carbonyl (C=O) groups excluding carboxylic acids is 1. The molecule has 0 unspecified atom stereocenters. The van der Waals surface area contributed by atoms with E-state index in [4.69, 9.17) is 0 Å². The summed E-state index contributed by atoms with van der Waals surface area (Å²) >= 11 is 0. The predicted molar refractivity (Wildman–Crippen MR) is 112 cm³/mol. The van der Waals surface area contributed by atoms with E-state index in [1.807, 2.05) is 24.8 Å². The van der Waals surface area contributed by atoms with E-state index in [2.05, 4.69) is 19.8 Å². The topological polar surface area (TPSA) is 86.7 Å². The molecular weight excluding hydrogens is 390 g/mol. The largest absolute Gasteiger partial charge is 0.341 e. The summed E-state index contributed by atoms with van der Waals surface area (Å²) in [6.45, 7) is 8.54. The van der Waals surface area contributed by atoms with Gasteiger partial charge in [0.15, 0.2) is 9.84 Å². The summed E-state index contributed by atoms with van der Waals surface area (Å²) in [5, 5.41) is 0. The van der Waals surface area contributed by atoms with Gasteiger partial charge in [-0.3, -0.25) is 9.69 Å². The van der Waals surface area contributed by atoms with Gasteiger partial charge in [0.05, 0.1) is 11.5 Å². The molecule has 3 aliphatic heterocycles. The normalized spacial score (nSPS) is 26.1. The number of piperazine rings is 1. The Hall–Kier alpha value is -1.74. The van der Waals surface area contributed by atoms with Gasteiger partial charge in [-0.15, -0.1) is 0 Å². The quantitative estimate of drug-likeness (QED) is 0.708. The zero-order chi connectivity index (χ0) is 20.6. The van der Waals surface area contributed by atoms with Crippen LogP contribution in [0.5, 0.6) is 0 Å². The average Bonchev–Trinajstić information content (AvgIpc) is 3.07. The molecule has 0 radical (unpaired) electrons. The van der Waals surface area contributed by atoms with Crippen LogP contribution < -0.4 is 4.90 Å². The summed E-state index contributed by atoms with van der Waals surface area (Å²) in [7, 11) is -2.86. The Labute approximate surface area is 173 Å². The number of aromatic nitrogens is 2. The molecule has 3 saturated heterocycles. The van der Waals surface area contributed by atoms with Gasteiger partial charge in [-0.1, -0.05) is 0 Å². The second kappa shape index (κ2) is 8.18. The third kappa shape index (κ3) is 4.71. The molecule has 0 saturated carbocycles. The lowest BCUT2D eigenvalue weighted by atomic mass is 9.95. The fraction of sp³-hybridized carbons (Fsp3) is 0.750. The summed E-state index contributed by atoms with van der Waals surface area (Å²) < 4.78 is 23.4. The molecule has 3 aliphatic rings. The Morgan fingerprint density at radius 1 is 0.966 bits per heavy atom. The molecular formula is C20H31N5O3S. The zero-order valence-electron chi connectivity index (χ0n) is 17.4. The number of hydrogen-bond acceptors (Lipinski definition) is 7. The minimum atomic E-state index is -2.86. The molecule has 29 heavy (non-hydrogen) atoms. The maximum Gasteiger partial charge on any atom is 0.225 e. The maximum atomic E-state index is 13.0. The molecule has 1 aromatic heterocycles. The number of carbonyl (C=O) groups is 1. The van der Waals surface area contributed by atoms with Crippen LogP contribution in [0.25, 0.3) is 0 Å². The first-order chi connectivity index (χ1) is 13.8. The van der Waals surface area contributed by atoms with Crippen LogP contribution in [-0.4, -0.2) is 90.9 Å². The van der Waals surface area contributed by atoms with Crippen molar-refractivity contribution in [3.05, 3.63) is 17.5 Å². The minimum absolute atomic E-state index is 0.0653. The lowest BCUT2D eigenvalue weighted by Crippen LogP contribution is -2.54. The van der Waals surface area contributed by atoms with Gasteiger partial charge in [0.25, 0.3) is 0 Å². The highest BCUT2D eigenvalue weighted by molar-refractivity contribution is 7.91. The standard InChI is InChI=1S/C20H31N5O3S/c1-15-13-16(2)22-20(21-15)25-6-3-17(4-7-25)19(26)24-10-8-23(9-11-24)18-5-12-29(27,28)14-18/h13,17-18H,3-12,14H2,1-2H3/t18-/m0/s1. The van der Waals surface area contributed by atoms with Crippen LogP contribution in [0.4, 0.5) is 5.95 Å². The number of amides is 1. The van der Waals surface area contributed by atoms with Crippen molar-refractivity contribution in [2.75, 3.05) is 55.7 Å². The molecule has 9 heteroatoms. The molecule has 3 fully saturated rings. The van der Waals surface area contributed by atoms with E-state index in [1.54, 1.807) is 0 Å². The van der Waals surface area contributed by atoms with Crippen molar-refractivity contribution in [3.8, 4) is 0 Å². The first kappa shape index (κ1) is 20.5. The van der Waals surface area contributed by atoms with Crippen LogP contribution in [0.15, 0.2) is 6.07 Å². The van der Waals surface area contributed by atoms with E-state index in [9.17, 15) is 13.2 Å². The van der Waals surface area contributed by atoms with Crippen LogP contribution in [0.2, 0.25) is 0 Å². The number of aryl methyl sites for hydroxylation is 2. The van der Waals surface area contributed by atoms with E-state index in [1.165, 1.54) is 0 Å². The fourth-order valence-corrected chi connectivity index (χ4v) is 6.57. The van der Waals surface area contributed by atoms with Gasteiger partial charge in [0.1, 0.15) is 0 Å². The number of anilines is 1. The summed E-state index contributed by atoms with van der Waals surface area (Å²) in [4.78, 5) is 28.5. The van der Waals surface area contributed by atoms with E-state index in [0.29, 0.717) is 18.8 Å². The fourth-order valence-electron chi connectivity index (χ4n) is 4.80. The minimum Gasteiger partial charge on any atom is -0.341 e. The van der Waals surface area contributed by atoms with Crippen molar-refractivity contribution in [1.82, 2.24) is 19.8 Å². The molecule has 0 aromatic carbocycles. The molecule has 160 valence electrons. The smallest absolute Gasteiger partial charge is 0.225 e. The van der Waals surface area contributed by atoms with Gasteiger partial charge in [-0.05, 0) is 39.2 Å². The molecule has 8 nitrogen and oxygen atoms in total.